The molecule has 0 unspecified atom stereocenters. The minimum atomic E-state index is -4.39. The number of thiazole rings is 1. The molecule has 0 aliphatic carbocycles. The first-order valence-corrected chi connectivity index (χ1v) is 7.49. The molecule has 116 valence electrons. The fourth-order valence-electron chi connectivity index (χ4n) is 2.23. The van der Waals surface area contributed by atoms with Gasteiger partial charge in [-0.1, -0.05) is 6.07 Å². The molecule has 0 N–H and O–H groups in total. The number of fused-ring (bicyclic) bond motifs is 1. The molecule has 0 amide bonds. The van der Waals surface area contributed by atoms with Crippen molar-refractivity contribution >= 4 is 22.3 Å². The standard InChI is InChI=1S/C16H8F3NO2S/c17-16(18,19)10-4-3-9-6-14(22-13(9)7-10)11-8-23-15(20-11)12-2-1-5-21-12/h1-8H. The largest absolute Gasteiger partial charge is 0.462 e. The lowest BCUT2D eigenvalue weighted by atomic mass is 10.1. The van der Waals surface area contributed by atoms with Crippen molar-refractivity contribution in [1.29, 1.82) is 0 Å². The maximum Gasteiger partial charge on any atom is 0.416 e. The van der Waals surface area contributed by atoms with E-state index in [0.717, 1.165) is 12.1 Å². The monoisotopic (exact) mass is 335 g/mol. The third kappa shape index (κ3) is 2.53. The Morgan fingerprint density at radius 2 is 1.91 bits per heavy atom. The van der Waals surface area contributed by atoms with Gasteiger partial charge < -0.3 is 8.83 Å². The molecule has 0 aliphatic rings. The smallest absolute Gasteiger partial charge is 0.416 e. The molecule has 4 rings (SSSR count). The van der Waals surface area contributed by atoms with Crippen LogP contribution in [0.4, 0.5) is 13.2 Å². The highest BCUT2D eigenvalue weighted by Crippen LogP contribution is 2.35. The van der Waals surface area contributed by atoms with E-state index >= 15 is 0 Å². The fourth-order valence-corrected chi connectivity index (χ4v) is 3.01. The van der Waals surface area contributed by atoms with E-state index in [1.165, 1.54) is 17.4 Å². The third-order valence-electron chi connectivity index (χ3n) is 3.34. The summed E-state index contributed by atoms with van der Waals surface area (Å²) in [6.45, 7) is 0. The zero-order chi connectivity index (χ0) is 16.0. The first kappa shape index (κ1) is 14.1. The molecule has 0 saturated heterocycles. The van der Waals surface area contributed by atoms with E-state index in [-0.39, 0.29) is 5.58 Å². The molecule has 0 bridgehead atoms. The van der Waals surface area contributed by atoms with Crippen LogP contribution in [0.5, 0.6) is 0 Å². The van der Waals surface area contributed by atoms with Crippen LogP contribution < -0.4 is 0 Å². The van der Waals surface area contributed by atoms with Crippen LogP contribution in [0.25, 0.3) is 33.2 Å². The molecule has 7 heteroatoms. The quantitative estimate of drug-likeness (QED) is 0.462. The van der Waals surface area contributed by atoms with Gasteiger partial charge in [-0.3, -0.25) is 0 Å². The number of rotatable bonds is 2. The summed E-state index contributed by atoms with van der Waals surface area (Å²) in [7, 11) is 0. The van der Waals surface area contributed by atoms with Crippen molar-refractivity contribution in [2.45, 2.75) is 6.18 Å². The van der Waals surface area contributed by atoms with Gasteiger partial charge in [-0.15, -0.1) is 11.3 Å². The van der Waals surface area contributed by atoms with Crippen molar-refractivity contribution in [3.05, 3.63) is 53.6 Å². The number of hydrogen-bond donors (Lipinski definition) is 0. The summed E-state index contributed by atoms with van der Waals surface area (Å²) in [5.41, 5.74) is 0.00832. The molecule has 0 fully saturated rings. The summed E-state index contributed by atoms with van der Waals surface area (Å²) in [4.78, 5) is 4.40. The van der Waals surface area contributed by atoms with Crippen LogP contribution in [0.1, 0.15) is 5.56 Å². The molecule has 23 heavy (non-hydrogen) atoms. The second kappa shape index (κ2) is 4.99. The van der Waals surface area contributed by atoms with Gasteiger partial charge in [0.1, 0.15) is 11.3 Å². The minimum Gasteiger partial charge on any atom is -0.462 e. The zero-order valence-corrected chi connectivity index (χ0v) is 12.2. The molecule has 0 aliphatic heterocycles. The molecule has 0 spiro atoms. The number of nitrogens with zero attached hydrogens (tertiary/aromatic N) is 1. The van der Waals surface area contributed by atoms with E-state index in [1.807, 2.05) is 0 Å². The lowest BCUT2D eigenvalue weighted by Crippen LogP contribution is -2.03. The summed E-state index contributed by atoms with van der Waals surface area (Å²) in [6.07, 6.45) is -2.84. The van der Waals surface area contributed by atoms with Crippen LogP contribution in [0.2, 0.25) is 0 Å². The van der Waals surface area contributed by atoms with Crippen LogP contribution in [-0.2, 0) is 6.18 Å². The molecule has 0 saturated carbocycles. The van der Waals surface area contributed by atoms with Crippen LogP contribution in [-0.4, -0.2) is 4.98 Å². The van der Waals surface area contributed by atoms with Crippen LogP contribution in [0, 0.1) is 0 Å². The van der Waals surface area contributed by atoms with Crippen molar-refractivity contribution < 1.29 is 22.0 Å². The summed E-state index contributed by atoms with van der Waals surface area (Å²) >= 11 is 1.37. The van der Waals surface area contributed by atoms with Gasteiger partial charge in [-0.05, 0) is 30.3 Å². The van der Waals surface area contributed by atoms with Crippen molar-refractivity contribution in [1.82, 2.24) is 4.98 Å². The molecule has 0 atom stereocenters. The molecule has 4 aromatic rings. The van der Waals surface area contributed by atoms with E-state index in [1.54, 1.807) is 29.8 Å². The average molecular weight is 335 g/mol. The Hall–Kier alpha value is -2.54. The summed E-state index contributed by atoms with van der Waals surface area (Å²) in [5, 5.41) is 3.06. The molecular formula is C16H8F3NO2S. The van der Waals surface area contributed by atoms with Gasteiger partial charge in [-0.25, -0.2) is 4.98 Å². The topological polar surface area (TPSA) is 39.2 Å². The highest BCUT2D eigenvalue weighted by Gasteiger charge is 2.31. The number of hydrogen-bond acceptors (Lipinski definition) is 4. The van der Waals surface area contributed by atoms with Gasteiger partial charge in [0, 0.05) is 10.8 Å². The van der Waals surface area contributed by atoms with Crippen LogP contribution in [0.15, 0.2) is 56.9 Å². The molecule has 0 radical (unpaired) electrons. The predicted octanol–water partition coefficient (Wildman–Crippen LogP) is 5.84. The maximum atomic E-state index is 12.7. The molecule has 3 heterocycles. The van der Waals surface area contributed by atoms with Gasteiger partial charge in [0.15, 0.2) is 16.5 Å². The van der Waals surface area contributed by atoms with Gasteiger partial charge in [0.05, 0.1) is 11.8 Å². The highest BCUT2D eigenvalue weighted by atomic mass is 32.1. The Labute approximate surface area is 132 Å². The Morgan fingerprint density at radius 1 is 1.04 bits per heavy atom. The first-order valence-electron chi connectivity index (χ1n) is 6.61. The lowest BCUT2D eigenvalue weighted by Gasteiger charge is -2.04. The van der Waals surface area contributed by atoms with Crippen molar-refractivity contribution in [3.8, 4) is 22.2 Å². The van der Waals surface area contributed by atoms with Crippen LogP contribution in [0.3, 0.4) is 0 Å². The number of furan rings is 2. The van der Waals surface area contributed by atoms with Gasteiger partial charge in [0.2, 0.25) is 0 Å². The second-order valence-corrected chi connectivity index (χ2v) is 5.73. The number of benzene rings is 1. The van der Waals surface area contributed by atoms with Crippen LogP contribution >= 0.6 is 11.3 Å². The van der Waals surface area contributed by atoms with Gasteiger partial charge in [-0.2, -0.15) is 13.2 Å². The fraction of sp³-hybridized carbons (Fsp3) is 0.0625. The predicted molar refractivity (Wildman–Crippen MR) is 80.0 cm³/mol. The Balaban J connectivity index is 1.75. The summed E-state index contributed by atoms with van der Waals surface area (Å²) in [6, 6.07) is 8.66. The summed E-state index contributed by atoms with van der Waals surface area (Å²) < 4.78 is 49.0. The SMILES string of the molecule is FC(F)(F)c1ccc2cc(-c3csc(-c4ccco4)n3)oc2c1. The van der Waals surface area contributed by atoms with E-state index in [2.05, 4.69) is 4.98 Å². The van der Waals surface area contributed by atoms with Gasteiger partial charge >= 0.3 is 6.18 Å². The molecule has 3 aromatic heterocycles. The van der Waals surface area contributed by atoms with Crippen molar-refractivity contribution in [2.24, 2.45) is 0 Å². The maximum absolute atomic E-state index is 12.7. The lowest BCUT2D eigenvalue weighted by molar-refractivity contribution is -0.137. The molecule has 3 nitrogen and oxygen atoms in total. The first-order chi connectivity index (χ1) is 11.0. The Morgan fingerprint density at radius 3 is 2.65 bits per heavy atom. The number of aromatic nitrogens is 1. The van der Waals surface area contributed by atoms with Crippen molar-refractivity contribution in [3.63, 3.8) is 0 Å². The second-order valence-electron chi connectivity index (χ2n) is 4.88. The van der Waals surface area contributed by atoms with Gasteiger partial charge in [0.25, 0.3) is 0 Å². The normalized spacial score (nSPS) is 12.1. The van der Waals surface area contributed by atoms with Crippen molar-refractivity contribution in [2.75, 3.05) is 0 Å². The highest BCUT2D eigenvalue weighted by molar-refractivity contribution is 7.13. The molecular weight excluding hydrogens is 327 g/mol. The summed E-state index contributed by atoms with van der Waals surface area (Å²) in [5.74, 6) is 1.06. The number of alkyl halides is 3. The molecule has 1 aromatic carbocycles. The van der Waals surface area contributed by atoms with E-state index < -0.39 is 11.7 Å². The third-order valence-corrected chi connectivity index (χ3v) is 4.19. The average Bonchev–Trinajstić information content (AvgIpc) is 3.24. The van der Waals surface area contributed by atoms with E-state index in [0.29, 0.717) is 27.6 Å². The minimum absolute atomic E-state index is 0.183. The Kier molecular flexibility index (Phi) is 3.05. The Bertz CT molecular complexity index is 967. The zero-order valence-electron chi connectivity index (χ0n) is 11.4. The van der Waals surface area contributed by atoms with E-state index in [9.17, 15) is 13.2 Å². The van der Waals surface area contributed by atoms with E-state index in [4.69, 9.17) is 8.83 Å². The number of halogens is 3.